The summed E-state index contributed by atoms with van der Waals surface area (Å²) in [5, 5.41) is 10.8. The summed E-state index contributed by atoms with van der Waals surface area (Å²) in [6.07, 6.45) is 1.84. The highest BCUT2D eigenvalue weighted by molar-refractivity contribution is 5.90. The molecule has 1 atom stereocenters. The molecular weight excluding hydrogens is 416 g/mol. The van der Waals surface area contributed by atoms with Gasteiger partial charge in [-0.2, -0.15) is 5.10 Å². The molecule has 2 amide bonds. The summed E-state index contributed by atoms with van der Waals surface area (Å²) in [7, 11) is 0. The molecule has 0 saturated heterocycles. The Hall–Kier alpha value is -3.61. The first kappa shape index (κ1) is 22.6. The van der Waals surface area contributed by atoms with Crippen LogP contribution in [0, 0.1) is 0 Å². The van der Waals surface area contributed by atoms with Gasteiger partial charge in [-0.1, -0.05) is 45.0 Å². The fourth-order valence-corrected chi connectivity index (χ4v) is 4.00. The molecule has 0 saturated carbocycles. The minimum Gasteiger partial charge on any atom is -0.462 e. The molecule has 1 heterocycles. The van der Waals surface area contributed by atoms with Crippen molar-refractivity contribution in [3.63, 3.8) is 0 Å². The Morgan fingerprint density at radius 3 is 2.55 bits per heavy atom. The van der Waals surface area contributed by atoms with E-state index >= 15 is 0 Å². The molecule has 0 aliphatic heterocycles. The number of nitrogens with one attached hydrogen (secondary N) is 2. The zero-order valence-electron chi connectivity index (χ0n) is 19.5. The Kier molecular flexibility index (Phi) is 6.22. The van der Waals surface area contributed by atoms with Crippen molar-refractivity contribution in [3.05, 3.63) is 77.0 Å². The molecule has 172 valence electrons. The largest absolute Gasteiger partial charge is 0.462 e. The van der Waals surface area contributed by atoms with Gasteiger partial charge in [-0.3, -0.25) is 5.32 Å². The summed E-state index contributed by atoms with van der Waals surface area (Å²) >= 11 is 0. The van der Waals surface area contributed by atoms with Crippen LogP contribution in [0.4, 0.5) is 10.6 Å². The summed E-state index contributed by atoms with van der Waals surface area (Å²) in [6, 6.07) is 16.8. The van der Waals surface area contributed by atoms with Crippen molar-refractivity contribution in [2.75, 3.05) is 11.9 Å². The molecule has 3 aromatic rings. The number of carbonyl (C=O) groups is 2. The number of urea groups is 1. The average Bonchev–Trinajstić information content (AvgIpc) is 3.39. The van der Waals surface area contributed by atoms with Crippen LogP contribution in [0.25, 0.3) is 5.69 Å². The molecule has 1 aromatic heterocycles. The number of anilines is 1. The molecule has 0 unspecified atom stereocenters. The standard InChI is InChI=1S/C26H30N4O3/c1-5-33-24(31)18-10-13-19(14-11-18)30-23(16-22(29-30)26(2,3)4)28-25(32)27-21-15-12-17-8-6-7-9-20(17)21/h6-11,13-14,16,21H,5,12,15H2,1-4H3,(H2,27,28,32)/t21-/m0/s1. The van der Waals surface area contributed by atoms with Gasteiger partial charge in [-0.15, -0.1) is 0 Å². The van der Waals surface area contributed by atoms with Crippen molar-refractivity contribution in [2.24, 2.45) is 0 Å². The maximum Gasteiger partial charge on any atom is 0.338 e. The fraction of sp³-hybridized carbons (Fsp3) is 0.346. The number of rotatable bonds is 5. The number of benzene rings is 2. The van der Waals surface area contributed by atoms with Crippen LogP contribution in [0.2, 0.25) is 0 Å². The predicted molar refractivity (Wildman–Crippen MR) is 128 cm³/mol. The van der Waals surface area contributed by atoms with E-state index in [9.17, 15) is 9.59 Å². The van der Waals surface area contributed by atoms with Gasteiger partial charge in [0.05, 0.1) is 29.6 Å². The summed E-state index contributed by atoms with van der Waals surface area (Å²) < 4.78 is 6.75. The molecule has 7 heteroatoms. The van der Waals surface area contributed by atoms with E-state index in [2.05, 4.69) is 43.5 Å². The number of hydrogen-bond acceptors (Lipinski definition) is 4. The fourth-order valence-electron chi connectivity index (χ4n) is 4.00. The Morgan fingerprint density at radius 2 is 1.85 bits per heavy atom. The van der Waals surface area contributed by atoms with Crippen LogP contribution in [-0.4, -0.2) is 28.4 Å². The number of esters is 1. The van der Waals surface area contributed by atoms with E-state index < -0.39 is 0 Å². The van der Waals surface area contributed by atoms with E-state index in [1.54, 1.807) is 35.9 Å². The second kappa shape index (κ2) is 9.10. The molecule has 1 aliphatic carbocycles. The first-order valence-electron chi connectivity index (χ1n) is 11.3. The highest BCUT2D eigenvalue weighted by atomic mass is 16.5. The highest BCUT2D eigenvalue weighted by Crippen LogP contribution is 2.31. The van der Waals surface area contributed by atoms with Crippen molar-refractivity contribution >= 4 is 17.8 Å². The molecule has 2 N–H and O–H groups in total. The van der Waals surface area contributed by atoms with E-state index in [0.717, 1.165) is 24.2 Å². The Bertz CT molecular complexity index is 1160. The van der Waals surface area contributed by atoms with E-state index in [-0.39, 0.29) is 23.5 Å². The number of carbonyl (C=O) groups excluding carboxylic acids is 2. The van der Waals surface area contributed by atoms with Crippen molar-refractivity contribution in [2.45, 2.75) is 52.0 Å². The molecule has 2 aromatic carbocycles. The van der Waals surface area contributed by atoms with Crippen LogP contribution in [-0.2, 0) is 16.6 Å². The summed E-state index contributed by atoms with van der Waals surface area (Å²) in [5.41, 5.74) is 4.30. The first-order valence-corrected chi connectivity index (χ1v) is 11.3. The zero-order valence-corrected chi connectivity index (χ0v) is 19.5. The zero-order chi connectivity index (χ0) is 23.6. The van der Waals surface area contributed by atoms with Crippen molar-refractivity contribution in [1.82, 2.24) is 15.1 Å². The Morgan fingerprint density at radius 1 is 1.12 bits per heavy atom. The van der Waals surface area contributed by atoms with Crippen LogP contribution >= 0.6 is 0 Å². The summed E-state index contributed by atoms with van der Waals surface area (Å²) in [5.74, 6) is 0.196. The van der Waals surface area contributed by atoms with Crippen molar-refractivity contribution in [1.29, 1.82) is 0 Å². The topological polar surface area (TPSA) is 85.2 Å². The minimum absolute atomic E-state index is 0.0106. The van der Waals surface area contributed by atoms with Crippen LogP contribution in [0.3, 0.4) is 0 Å². The smallest absolute Gasteiger partial charge is 0.338 e. The lowest BCUT2D eigenvalue weighted by Crippen LogP contribution is -2.32. The lowest BCUT2D eigenvalue weighted by Gasteiger charge is -2.15. The first-order chi connectivity index (χ1) is 15.8. The van der Waals surface area contributed by atoms with Crippen LogP contribution in [0.5, 0.6) is 0 Å². The van der Waals surface area contributed by atoms with E-state index in [1.807, 2.05) is 18.2 Å². The van der Waals surface area contributed by atoms with Gasteiger partial charge >= 0.3 is 12.0 Å². The number of aryl methyl sites for hydroxylation is 1. The van der Waals surface area contributed by atoms with Gasteiger partial charge in [-0.25, -0.2) is 14.3 Å². The normalized spacial score (nSPS) is 15.1. The van der Waals surface area contributed by atoms with Crippen LogP contribution in [0.15, 0.2) is 54.6 Å². The second-order valence-corrected chi connectivity index (χ2v) is 9.23. The van der Waals surface area contributed by atoms with Crippen molar-refractivity contribution in [3.8, 4) is 5.69 Å². The van der Waals surface area contributed by atoms with Gasteiger partial charge in [-0.05, 0) is 55.2 Å². The Labute approximate surface area is 194 Å². The number of fused-ring (bicyclic) bond motifs is 1. The number of aromatic nitrogens is 2. The third kappa shape index (κ3) is 4.92. The van der Waals surface area contributed by atoms with E-state index in [0.29, 0.717) is 18.0 Å². The van der Waals surface area contributed by atoms with Gasteiger partial charge < -0.3 is 10.1 Å². The third-order valence-electron chi connectivity index (χ3n) is 5.78. The quantitative estimate of drug-likeness (QED) is 0.531. The monoisotopic (exact) mass is 446 g/mol. The molecule has 0 radical (unpaired) electrons. The number of nitrogens with zero attached hydrogens (tertiary/aromatic N) is 2. The molecule has 1 aliphatic rings. The number of amides is 2. The minimum atomic E-state index is -0.366. The van der Waals surface area contributed by atoms with Gasteiger partial charge in [0.15, 0.2) is 0 Å². The molecular formula is C26H30N4O3. The molecule has 7 nitrogen and oxygen atoms in total. The van der Waals surface area contributed by atoms with E-state index in [4.69, 9.17) is 9.84 Å². The van der Waals surface area contributed by atoms with Gasteiger partial charge in [0, 0.05) is 11.5 Å². The lowest BCUT2D eigenvalue weighted by molar-refractivity contribution is 0.0526. The van der Waals surface area contributed by atoms with Gasteiger partial charge in [0.25, 0.3) is 0 Å². The number of ether oxygens (including phenoxy) is 1. The maximum absolute atomic E-state index is 12.9. The summed E-state index contributed by atoms with van der Waals surface area (Å²) in [4.78, 5) is 24.9. The Balaban J connectivity index is 1.57. The molecule has 0 bridgehead atoms. The van der Waals surface area contributed by atoms with Crippen molar-refractivity contribution < 1.29 is 14.3 Å². The molecule has 4 rings (SSSR count). The van der Waals surface area contributed by atoms with Crippen LogP contribution < -0.4 is 10.6 Å². The molecule has 33 heavy (non-hydrogen) atoms. The average molecular weight is 447 g/mol. The van der Waals surface area contributed by atoms with Crippen LogP contribution in [0.1, 0.15) is 67.3 Å². The number of hydrogen-bond donors (Lipinski definition) is 2. The molecule has 0 fully saturated rings. The maximum atomic E-state index is 12.9. The van der Waals surface area contributed by atoms with E-state index in [1.165, 1.54) is 11.1 Å². The molecule has 0 spiro atoms. The van der Waals surface area contributed by atoms with Gasteiger partial charge in [0.1, 0.15) is 5.82 Å². The highest BCUT2D eigenvalue weighted by Gasteiger charge is 2.25. The third-order valence-corrected chi connectivity index (χ3v) is 5.78. The summed E-state index contributed by atoms with van der Waals surface area (Å²) in [6.45, 7) is 8.31. The second-order valence-electron chi connectivity index (χ2n) is 9.23. The SMILES string of the molecule is CCOC(=O)c1ccc(-n2nc(C(C)(C)C)cc2NC(=O)N[C@H]2CCc3ccccc32)cc1. The van der Waals surface area contributed by atoms with Gasteiger partial charge in [0.2, 0.25) is 0 Å². The lowest BCUT2D eigenvalue weighted by atomic mass is 9.92. The predicted octanol–water partition coefficient (Wildman–Crippen LogP) is 5.16.